The number of halogens is 1. The van der Waals surface area contributed by atoms with Crippen molar-refractivity contribution < 1.29 is 9.53 Å². The van der Waals surface area contributed by atoms with E-state index >= 15 is 0 Å². The molecule has 2 aromatic heterocycles. The Hall–Kier alpha value is -2.31. The number of aromatic nitrogens is 2. The van der Waals surface area contributed by atoms with Crippen molar-refractivity contribution in [2.45, 2.75) is 65.3 Å². The van der Waals surface area contributed by atoms with Crippen LogP contribution in [0.15, 0.2) is 35.7 Å². The van der Waals surface area contributed by atoms with Crippen LogP contribution < -0.4 is 10.1 Å². The molecule has 0 saturated heterocycles. The standard InChI is InChI=1S/C26H32ClN3O2S/c1-3-4-14-28-26(31)32-24-15-23(30(18(24)2)16-19-8-6-5-7-9-19)22-17-33-25(29-22)20-10-12-21(27)13-11-20/h10-13,15,17,19H,3-9,14,16H2,1-2H3,(H,28,31). The van der Waals surface area contributed by atoms with Crippen LogP contribution in [0.1, 0.15) is 57.6 Å². The molecule has 3 aromatic rings. The Labute approximate surface area is 205 Å². The predicted molar refractivity (Wildman–Crippen MR) is 136 cm³/mol. The van der Waals surface area contributed by atoms with Crippen molar-refractivity contribution in [3.8, 4) is 27.7 Å². The molecule has 0 bridgehead atoms. The van der Waals surface area contributed by atoms with Crippen LogP contribution in [0.4, 0.5) is 4.79 Å². The summed E-state index contributed by atoms with van der Waals surface area (Å²) in [7, 11) is 0. The van der Waals surface area contributed by atoms with E-state index in [0.29, 0.717) is 23.2 Å². The Balaban J connectivity index is 1.62. The molecule has 0 atom stereocenters. The molecule has 1 N–H and O–H groups in total. The third-order valence-electron chi connectivity index (χ3n) is 6.35. The molecule has 5 nitrogen and oxygen atoms in total. The van der Waals surface area contributed by atoms with Gasteiger partial charge in [0.05, 0.1) is 17.1 Å². The maximum absolute atomic E-state index is 12.3. The maximum atomic E-state index is 12.3. The minimum Gasteiger partial charge on any atom is -0.408 e. The fourth-order valence-electron chi connectivity index (χ4n) is 4.42. The lowest BCUT2D eigenvalue weighted by Crippen LogP contribution is -2.27. The van der Waals surface area contributed by atoms with Crippen molar-refractivity contribution in [2.75, 3.05) is 6.54 Å². The number of rotatable bonds is 8. The largest absolute Gasteiger partial charge is 0.412 e. The second kappa shape index (κ2) is 11.2. The molecule has 0 spiro atoms. The molecule has 1 amide bonds. The number of carbonyl (C=O) groups excluding carboxylic acids is 1. The molecule has 0 radical (unpaired) electrons. The number of benzene rings is 1. The quantitative estimate of drug-likeness (QED) is 0.332. The molecule has 176 valence electrons. The van der Waals surface area contributed by atoms with Crippen LogP contribution in [0.5, 0.6) is 5.75 Å². The molecule has 1 aromatic carbocycles. The average Bonchev–Trinajstić information content (AvgIpc) is 3.41. The summed E-state index contributed by atoms with van der Waals surface area (Å²) in [6.07, 6.45) is 7.98. The first-order valence-electron chi connectivity index (χ1n) is 11.9. The average molecular weight is 486 g/mol. The van der Waals surface area contributed by atoms with Crippen LogP contribution in [0, 0.1) is 12.8 Å². The van der Waals surface area contributed by atoms with Crippen LogP contribution >= 0.6 is 22.9 Å². The van der Waals surface area contributed by atoms with Crippen LogP contribution in [0.2, 0.25) is 5.02 Å². The fourth-order valence-corrected chi connectivity index (χ4v) is 5.36. The van der Waals surface area contributed by atoms with Gasteiger partial charge in [-0.2, -0.15) is 0 Å². The number of ether oxygens (including phenoxy) is 1. The summed E-state index contributed by atoms with van der Waals surface area (Å²) in [4.78, 5) is 17.3. The molecule has 1 aliphatic carbocycles. The monoisotopic (exact) mass is 485 g/mol. The molecule has 1 saturated carbocycles. The van der Waals surface area contributed by atoms with Gasteiger partial charge >= 0.3 is 6.09 Å². The van der Waals surface area contributed by atoms with E-state index in [2.05, 4.69) is 22.2 Å². The summed E-state index contributed by atoms with van der Waals surface area (Å²) in [5.74, 6) is 1.25. The van der Waals surface area contributed by atoms with E-state index in [0.717, 1.165) is 47.0 Å². The molecule has 2 heterocycles. The number of unbranched alkanes of at least 4 members (excludes halogenated alkanes) is 1. The van der Waals surface area contributed by atoms with Crippen molar-refractivity contribution in [1.82, 2.24) is 14.9 Å². The van der Waals surface area contributed by atoms with Gasteiger partial charge in [0.1, 0.15) is 5.01 Å². The van der Waals surface area contributed by atoms with Gasteiger partial charge in [-0.05, 0) is 44.2 Å². The summed E-state index contributed by atoms with van der Waals surface area (Å²) >= 11 is 7.66. The predicted octanol–water partition coefficient (Wildman–Crippen LogP) is 7.71. The van der Waals surface area contributed by atoms with Gasteiger partial charge in [0, 0.05) is 35.1 Å². The van der Waals surface area contributed by atoms with Crippen LogP contribution in [-0.2, 0) is 6.54 Å². The van der Waals surface area contributed by atoms with Crippen molar-refractivity contribution in [1.29, 1.82) is 0 Å². The first-order valence-corrected chi connectivity index (χ1v) is 13.2. The SMILES string of the molecule is CCCCNC(=O)Oc1cc(-c2csc(-c3ccc(Cl)cc3)n2)n(CC2CCCCC2)c1C. The molecule has 1 aliphatic rings. The first-order chi connectivity index (χ1) is 16.0. The maximum Gasteiger partial charge on any atom is 0.412 e. The minimum atomic E-state index is -0.395. The highest BCUT2D eigenvalue weighted by molar-refractivity contribution is 7.13. The number of amides is 1. The molecule has 0 aliphatic heterocycles. The molecule has 1 fully saturated rings. The van der Waals surface area contributed by atoms with Gasteiger partial charge in [0.15, 0.2) is 5.75 Å². The highest BCUT2D eigenvalue weighted by Gasteiger charge is 2.22. The summed E-state index contributed by atoms with van der Waals surface area (Å²) in [6.45, 7) is 5.69. The summed E-state index contributed by atoms with van der Waals surface area (Å²) < 4.78 is 8.02. The van der Waals surface area contributed by atoms with Gasteiger partial charge in [-0.1, -0.05) is 56.3 Å². The Morgan fingerprint density at radius 1 is 1.24 bits per heavy atom. The molecule has 7 heteroatoms. The second-order valence-corrected chi connectivity index (χ2v) is 10.1. The zero-order chi connectivity index (χ0) is 23.2. The van der Waals surface area contributed by atoms with Gasteiger partial charge in [0.25, 0.3) is 0 Å². The number of hydrogen-bond acceptors (Lipinski definition) is 4. The zero-order valence-electron chi connectivity index (χ0n) is 19.4. The lowest BCUT2D eigenvalue weighted by Gasteiger charge is -2.24. The number of nitrogens with one attached hydrogen (secondary N) is 1. The number of nitrogens with zero attached hydrogens (tertiary/aromatic N) is 2. The Bertz CT molecular complexity index is 1070. The van der Waals surface area contributed by atoms with E-state index in [9.17, 15) is 4.79 Å². The van der Waals surface area contributed by atoms with Crippen molar-refractivity contribution in [3.05, 3.63) is 46.4 Å². The summed E-state index contributed by atoms with van der Waals surface area (Å²) in [5.41, 5.74) is 3.93. The lowest BCUT2D eigenvalue weighted by atomic mass is 9.89. The van der Waals surface area contributed by atoms with Crippen LogP contribution in [0.3, 0.4) is 0 Å². The second-order valence-electron chi connectivity index (χ2n) is 8.81. The van der Waals surface area contributed by atoms with E-state index in [-0.39, 0.29) is 0 Å². The highest BCUT2D eigenvalue weighted by atomic mass is 35.5. The molecule has 4 rings (SSSR count). The molecular formula is C26H32ClN3O2S. The topological polar surface area (TPSA) is 56.1 Å². The van der Waals surface area contributed by atoms with E-state index < -0.39 is 6.09 Å². The van der Waals surface area contributed by atoms with E-state index in [4.69, 9.17) is 21.3 Å². The normalized spacial score (nSPS) is 14.4. The molecule has 33 heavy (non-hydrogen) atoms. The number of carbonyl (C=O) groups is 1. The third kappa shape index (κ3) is 5.98. The third-order valence-corrected chi connectivity index (χ3v) is 7.49. The zero-order valence-corrected chi connectivity index (χ0v) is 21.0. The highest BCUT2D eigenvalue weighted by Crippen LogP contribution is 2.36. The van der Waals surface area contributed by atoms with Gasteiger partial charge in [0.2, 0.25) is 0 Å². The van der Waals surface area contributed by atoms with Gasteiger partial charge in [-0.3, -0.25) is 0 Å². The minimum absolute atomic E-state index is 0.395. The molecular weight excluding hydrogens is 454 g/mol. The van der Waals surface area contributed by atoms with E-state index in [1.165, 1.54) is 32.1 Å². The molecule has 0 unspecified atom stereocenters. The summed E-state index contributed by atoms with van der Waals surface area (Å²) in [5, 5.41) is 6.59. The van der Waals surface area contributed by atoms with Gasteiger partial charge in [-0.25, -0.2) is 9.78 Å². The Morgan fingerprint density at radius 3 is 2.73 bits per heavy atom. The van der Waals surface area contributed by atoms with Crippen molar-refractivity contribution in [3.63, 3.8) is 0 Å². The summed E-state index contributed by atoms with van der Waals surface area (Å²) in [6, 6.07) is 9.73. The number of thiazole rings is 1. The van der Waals surface area contributed by atoms with E-state index in [1.807, 2.05) is 37.3 Å². The first kappa shape index (κ1) is 23.8. The smallest absolute Gasteiger partial charge is 0.408 e. The number of hydrogen-bond donors (Lipinski definition) is 1. The Morgan fingerprint density at radius 2 is 2.00 bits per heavy atom. The van der Waals surface area contributed by atoms with Crippen LogP contribution in [0.25, 0.3) is 22.0 Å². The van der Waals surface area contributed by atoms with Gasteiger partial charge < -0.3 is 14.6 Å². The van der Waals surface area contributed by atoms with Crippen molar-refractivity contribution >= 4 is 29.0 Å². The van der Waals surface area contributed by atoms with Crippen LogP contribution in [-0.4, -0.2) is 22.2 Å². The Kier molecular flexibility index (Phi) is 8.10. The fraction of sp³-hybridized carbons (Fsp3) is 0.462. The van der Waals surface area contributed by atoms with Gasteiger partial charge in [-0.15, -0.1) is 11.3 Å². The van der Waals surface area contributed by atoms with Crippen molar-refractivity contribution in [2.24, 2.45) is 5.92 Å². The lowest BCUT2D eigenvalue weighted by molar-refractivity contribution is 0.200. The van der Waals surface area contributed by atoms with E-state index in [1.54, 1.807) is 11.3 Å².